The highest BCUT2D eigenvalue weighted by atomic mass is 16.5. The molecule has 0 amide bonds. The molecule has 0 bridgehead atoms. The maximum absolute atomic E-state index is 4.88. The molecule has 1 aromatic rings. The molecule has 1 aromatic heterocycles. The third-order valence-corrected chi connectivity index (χ3v) is 1.31. The van der Waals surface area contributed by atoms with Crippen LogP contribution >= 0.6 is 0 Å². The number of nitrogens with one attached hydrogen (secondary N) is 1. The molecule has 68 valence electrons. The van der Waals surface area contributed by atoms with Gasteiger partial charge in [0.15, 0.2) is 5.82 Å². The highest BCUT2D eigenvalue weighted by Crippen LogP contribution is 1.97. The Kier molecular flexibility index (Phi) is 3.69. The van der Waals surface area contributed by atoms with Gasteiger partial charge in [0.25, 0.3) is 5.89 Å². The van der Waals surface area contributed by atoms with Crippen LogP contribution in [-0.2, 0) is 17.9 Å². The number of hydrogen-bond acceptors (Lipinski definition) is 5. The van der Waals surface area contributed by atoms with Crippen molar-refractivity contribution in [1.29, 1.82) is 0 Å². The lowest BCUT2D eigenvalue weighted by Gasteiger charge is -1.92. The number of hydrogen-bond donors (Lipinski definition) is 1. The van der Waals surface area contributed by atoms with Gasteiger partial charge < -0.3 is 14.6 Å². The molecule has 5 heteroatoms. The maximum atomic E-state index is 4.88. The summed E-state index contributed by atoms with van der Waals surface area (Å²) in [5.74, 6) is 1.19. The molecule has 1 heterocycles. The van der Waals surface area contributed by atoms with E-state index >= 15 is 0 Å². The monoisotopic (exact) mass is 171 g/mol. The largest absolute Gasteiger partial charge is 0.375 e. The first-order chi connectivity index (χ1) is 5.86. The Labute approximate surface area is 71.1 Å². The molecule has 12 heavy (non-hydrogen) atoms. The van der Waals surface area contributed by atoms with Crippen molar-refractivity contribution in [1.82, 2.24) is 15.5 Å². The fraction of sp³-hybridized carbons (Fsp3) is 0.714. The molecule has 1 rings (SSSR count). The summed E-state index contributed by atoms with van der Waals surface area (Å²) in [6.07, 6.45) is 0. The van der Waals surface area contributed by atoms with Gasteiger partial charge in [0.2, 0.25) is 0 Å². The Morgan fingerprint density at radius 3 is 3.08 bits per heavy atom. The molecule has 0 saturated heterocycles. The van der Waals surface area contributed by atoms with E-state index in [1.807, 2.05) is 6.92 Å². The van der Waals surface area contributed by atoms with Gasteiger partial charge in [-0.15, -0.1) is 0 Å². The Bertz CT molecular complexity index is 224. The summed E-state index contributed by atoms with van der Waals surface area (Å²) in [4.78, 5) is 4.07. The van der Waals surface area contributed by atoms with E-state index in [2.05, 4.69) is 15.5 Å². The number of rotatable bonds is 5. The predicted molar refractivity (Wildman–Crippen MR) is 42.4 cm³/mol. The molecule has 0 aliphatic heterocycles. The lowest BCUT2D eigenvalue weighted by molar-refractivity contribution is 0.151. The van der Waals surface area contributed by atoms with Crippen molar-refractivity contribution >= 4 is 0 Å². The molecular weight excluding hydrogens is 158 g/mol. The minimum absolute atomic E-state index is 0.374. The summed E-state index contributed by atoms with van der Waals surface area (Å²) in [5.41, 5.74) is 0. The van der Waals surface area contributed by atoms with E-state index < -0.39 is 0 Å². The van der Waals surface area contributed by atoms with Crippen molar-refractivity contribution in [3.63, 3.8) is 0 Å². The topological polar surface area (TPSA) is 60.2 Å². The molecule has 0 atom stereocenters. The molecular formula is C7H13N3O2. The second-order valence-corrected chi connectivity index (χ2v) is 2.32. The molecule has 0 spiro atoms. The van der Waals surface area contributed by atoms with E-state index in [1.54, 1.807) is 7.11 Å². The van der Waals surface area contributed by atoms with Crippen LogP contribution in [0, 0.1) is 0 Å². The van der Waals surface area contributed by atoms with E-state index in [9.17, 15) is 0 Å². The Hall–Kier alpha value is -0.940. The first kappa shape index (κ1) is 9.15. The highest BCUT2D eigenvalue weighted by molar-refractivity contribution is 4.83. The van der Waals surface area contributed by atoms with Crippen LogP contribution in [0.4, 0.5) is 0 Å². The smallest absolute Gasteiger partial charge is 0.252 e. The number of nitrogens with zero attached hydrogens (tertiary/aromatic N) is 2. The summed E-state index contributed by atoms with van der Waals surface area (Å²) in [5, 5.41) is 6.84. The first-order valence-corrected chi connectivity index (χ1v) is 3.88. The molecule has 0 aliphatic carbocycles. The van der Waals surface area contributed by atoms with Gasteiger partial charge in [-0.2, -0.15) is 4.98 Å². The maximum Gasteiger partial charge on any atom is 0.252 e. The standard InChI is InChI=1S/C7H13N3O2/c1-3-8-4-6-9-7(5-11-2)12-10-6/h8H,3-5H2,1-2H3. The summed E-state index contributed by atoms with van der Waals surface area (Å²) in [6.45, 7) is 3.94. The van der Waals surface area contributed by atoms with E-state index in [-0.39, 0.29) is 0 Å². The molecule has 1 N–H and O–H groups in total. The Morgan fingerprint density at radius 1 is 1.58 bits per heavy atom. The molecule has 0 aliphatic rings. The second-order valence-electron chi connectivity index (χ2n) is 2.32. The van der Waals surface area contributed by atoms with Gasteiger partial charge >= 0.3 is 0 Å². The van der Waals surface area contributed by atoms with Crippen molar-refractivity contribution in [3.05, 3.63) is 11.7 Å². The van der Waals surface area contributed by atoms with Crippen LogP contribution in [0.3, 0.4) is 0 Å². The van der Waals surface area contributed by atoms with Gasteiger partial charge in [-0.25, -0.2) is 0 Å². The summed E-state index contributed by atoms with van der Waals surface area (Å²) in [6, 6.07) is 0. The van der Waals surface area contributed by atoms with E-state index in [0.717, 1.165) is 6.54 Å². The van der Waals surface area contributed by atoms with E-state index in [0.29, 0.717) is 24.9 Å². The third kappa shape index (κ3) is 2.60. The zero-order chi connectivity index (χ0) is 8.81. The second kappa shape index (κ2) is 4.84. The average molecular weight is 171 g/mol. The molecule has 0 unspecified atom stereocenters. The molecule has 0 saturated carbocycles. The van der Waals surface area contributed by atoms with Gasteiger partial charge in [0.05, 0.1) is 6.54 Å². The zero-order valence-electron chi connectivity index (χ0n) is 7.33. The van der Waals surface area contributed by atoms with Crippen LogP contribution in [0.5, 0.6) is 0 Å². The van der Waals surface area contributed by atoms with Crippen LogP contribution in [0.1, 0.15) is 18.6 Å². The number of ether oxygens (including phenoxy) is 1. The minimum atomic E-state index is 0.374. The predicted octanol–water partition coefficient (Wildman–Crippen LogP) is 0.325. The highest BCUT2D eigenvalue weighted by Gasteiger charge is 2.03. The van der Waals surface area contributed by atoms with Crippen LogP contribution in [0.15, 0.2) is 4.52 Å². The Morgan fingerprint density at radius 2 is 2.42 bits per heavy atom. The van der Waals surface area contributed by atoms with E-state index in [1.165, 1.54) is 0 Å². The van der Waals surface area contributed by atoms with Gasteiger partial charge in [0, 0.05) is 7.11 Å². The summed E-state index contributed by atoms with van der Waals surface area (Å²) < 4.78 is 9.71. The molecule has 5 nitrogen and oxygen atoms in total. The van der Waals surface area contributed by atoms with Gasteiger partial charge in [-0.1, -0.05) is 12.1 Å². The van der Waals surface area contributed by atoms with Gasteiger partial charge in [-0.05, 0) is 6.54 Å². The lowest BCUT2D eigenvalue weighted by Crippen LogP contribution is -2.12. The third-order valence-electron chi connectivity index (χ3n) is 1.31. The number of methoxy groups -OCH3 is 1. The van der Waals surface area contributed by atoms with Crippen molar-refractivity contribution in [2.45, 2.75) is 20.1 Å². The first-order valence-electron chi connectivity index (χ1n) is 3.88. The average Bonchev–Trinajstić information content (AvgIpc) is 2.50. The molecule has 0 fully saturated rings. The van der Waals surface area contributed by atoms with Gasteiger partial charge in [0.1, 0.15) is 6.61 Å². The van der Waals surface area contributed by atoms with E-state index in [4.69, 9.17) is 9.26 Å². The summed E-state index contributed by atoms with van der Waals surface area (Å²) >= 11 is 0. The normalized spacial score (nSPS) is 10.5. The molecule has 0 radical (unpaired) electrons. The molecule has 0 aromatic carbocycles. The fourth-order valence-electron chi connectivity index (χ4n) is 0.781. The minimum Gasteiger partial charge on any atom is -0.375 e. The fourth-order valence-corrected chi connectivity index (χ4v) is 0.781. The van der Waals surface area contributed by atoms with Crippen molar-refractivity contribution in [3.8, 4) is 0 Å². The van der Waals surface area contributed by atoms with Crippen LogP contribution in [-0.4, -0.2) is 23.8 Å². The van der Waals surface area contributed by atoms with Crippen molar-refractivity contribution in [2.24, 2.45) is 0 Å². The van der Waals surface area contributed by atoms with Crippen LogP contribution in [0.2, 0.25) is 0 Å². The van der Waals surface area contributed by atoms with Crippen LogP contribution < -0.4 is 5.32 Å². The van der Waals surface area contributed by atoms with Crippen molar-refractivity contribution < 1.29 is 9.26 Å². The summed E-state index contributed by atoms with van der Waals surface area (Å²) in [7, 11) is 1.59. The number of aromatic nitrogens is 2. The Balaban J connectivity index is 2.41. The van der Waals surface area contributed by atoms with Gasteiger partial charge in [-0.3, -0.25) is 0 Å². The quantitative estimate of drug-likeness (QED) is 0.691. The zero-order valence-corrected chi connectivity index (χ0v) is 7.33. The lowest BCUT2D eigenvalue weighted by atomic mass is 10.5. The van der Waals surface area contributed by atoms with Crippen LogP contribution in [0.25, 0.3) is 0 Å². The SMILES string of the molecule is CCNCc1noc(COC)n1. The van der Waals surface area contributed by atoms with Crippen molar-refractivity contribution in [2.75, 3.05) is 13.7 Å².